The third-order valence-electron chi connectivity index (χ3n) is 1.77. The van der Waals surface area contributed by atoms with Crippen LogP contribution in [0.15, 0.2) is 36.9 Å². The highest BCUT2D eigenvalue weighted by Gasteiger charge is 2.02. The Hall–Kier alpha value is -1.61. The fraction of sp³-hybridized carbons (Fsp3) is 0.167. The Morgan fingerprint density at radius 1 is 1.47 bits per heavy atom. The molecule has 3 nitrogen and oxygen atoms in total. The van der Waals surface area contributed by atoms with Gasteiger partial charge < -0.3 is 9.84 Å². The summed E-state index contributed by atoms with van der Waals surface area (Å²) >= 11 is 0. The van der Waals surface area contributed by atoms with Crippen LogP contribution in [0.5, 0.6) is 5.75 Å². The Labute approximate surface area is 89.0 Å². The highest BCUT2D eigenvalue weighted by atomic mass is 16.5. The number of carbonyl (C=O) groups is 1. The van der Waals surface area contributed by atoms with Crippen molar-refractivity contribution in [1.29, 1.82) is 0 Å². The summed E-state index contributed by atoms with van der Waals surface area (Å²) < 4.78 is 4.90. The van der Waals surface area contributed by atoms with Gasteiger partial charge in [-0.3, -0.25) is 0 Å². The van der Waals surface area contributed by atoms with Crippen molar-refractivity contribution >= 4 is 5.97 Å². The molecule has 1 aromatic rings. The summed E-state index contributed by atoms with van der Waals surface area (Å²) in [6, 6.07) is 6.95. The molecule has 0 amide bonds. The van der Waals surface area contributed by atoms with Crippen LogP contribution in [-0.2, 0) is 11.2 Å². The molecule has 0 spiro atoms. The van der Waals surface area contributed by atoms with Crippen LogP contribution < -0.4 is 4.74 Å². The molecule has 0 saturated carbocycles. The number of rotatable bonds is 4. The van der Waals surface area contributed by atoms with Crippen LogP contribution >= 0.6 is 0 Å². The zero-order valence-corrected chi connectivity index (χ0v) is 8.56. The van der Waals surface area contributed by atoms with Gasteiger partial charge in [0.05, 0.1) is 6.10 Å². The van der Waals surface area contributed by atoms with Gasteiger partial charge in [0, 0.05) is 12.5 Å². The van der Waals surface area contributed by atoms with Crippen molar-refractivity contribution in [1.82, 2.24) is 0 Å². The molecule has 0 aliphatic carbocycles. The minimum Gasteiger partial charge on any atom is -0.423 e. The van der Waals surface area contributed by atoms with E-state index in [1.165, 1.54) is 0 Å². The van der Waals surface area contributed by atoms with E-state index in [0.29, 0.717) is 18.3 Å². The molecule has 0 aliphatic heterocycles. The normalized spacial score (nSPS) is 10.1. The van der Waals surface area contributed by atoms with Crippen molar-refractivity contribution in [2.24, 2.45) is 0 Å². The largest absolute Gasteiger partial charge is 0.423 e. The number of ether oxygens (including phenoxy) is 1. The van der Waals surface area contributed by atoms with Gasteiger partial charge in [0.1, 0.15) is 5.75 Å². The lowest BCUT2D eigenvalue weighted by molar-refractivity contribution is -0.128. The molecule has 15 heavy (non-hydrogen) atoms. The average molecular weight is 205 g/mol. The zero-order valence-electron chi connectivity index (χ0n) is 8.56. The number of aliphatic hydroxyl groups excluding tert-OH is 1. The second kappa shape index (κ2) is 5.32. The van der Waals surface area contributed by atoms with Gasteiger partial charge in [0.15, 0.2) is 0 Å². The van der Waals surface area contributed by atoms with E-state index in [4.69, 9.17) is 9.84 Å². The van der Waals surface area contributed by atoms with Crippen LogP contribution in [0.1, 0.15) is 12.5 Å². The molecule has 0 atom stereocenters. The van der Waals surface area contributed by atoms with Gasteiger partial charge in [-0.1, -0.05) is 18.7 Å². The van der Waals surface area contributed by atoms with Crippen LogP contribution in [0.2, 0.25) is 0 Å². The Balaban J connectivity index is 2.63. The first-order valence-corrected chi connectivity index (χ1v) is 4.56. The fourth-order valence-corrected chi connectivity index (χ4v) is 1.13. The highest BCUT2D eigenvalue weighted by Crippen LogP contribution is 2.14. The number of aliphatic hydroxyl groups is 1. The second-order valence-electron chi connectivity index (χ2n) is 3.18. The number of hydrogen-bond acceptors (Lipinski definition) is 3. The smallest absolute Gasteiger partial charge is 0.335 e. The van der Waals surface area contributed by atoms with Gasteiger partial charge in [0.2, 0.25) is 0 Å². The van der Waals surface area contributed by atoms with E-state index >= 15 is 0 Å². The van der Waals surface area contributed by atoms with Gasteiger partial charge in [-0.2, -0.15) is 0 Å². The predicted octanol–water partition coefficient (Wildman–Crippen LogP) is 2.24. The van der Waals surface area contributed by atoms with Gasteiger partial charge >= 0.3 is 5.97 Å². The first-order valence-electron chi connectivity index (χ1n) is 4.56. The maximum atomic E-state index is 10.9. The van der Waals surface area contributed by atoms with Crippen molar-refractivity contribution in [3.63, 3.8) is 0 Å². The third-order valence-corrected chi connectivity index (χ3v) is 1.77. The Bertz CT molecular complexity index is 338. The van der Waals surface area contributed by atoms with Gasteiger partial charge in [-0.15, -0.1) is 0 Å². The summed E-state index contributed by atoms with van der Waals surface area (Å²) in [5.74, 6) is -0.00751. The fourth-order valence-electron chi connectivity index (χ4n) is 1.13. The van der Waals surface area contributed by atoms with Crippen molar-refractivity contribution in [2.45, 2.75) is 13.3 Å². The van der Waals surface area contributed by atoms with Crippen molar-refractivity contribution in [2.75, 3.05) is 0 Å². The first-order chi connectivity index (χ1) is 7.11. The van der Waals surface area contributed by atoms with E-state index in [2.05, 4.69) is 6.58 Å². The van der Waals surface area contributed by atoms with E-state index in [1.807, 2.05) is 0 Å². The van der Waals surface area contributed by atoms with E-state index < -0.39 is 5.97 Å². The lowest BCUT2D eigenvalue weighted by atomic mass is 10.1. The lowest BCUT2D eigenvalue weighted by Gasteiger charge is -2.05. The van der Waals surface area contributed by atoms with Gasteiger partial charge in [0.25, 0.3) is 0 Å². The minimum atomic E-state index is -0.479. The molecule has 0 aromatic heterocycles. The summed E-state index contributed by atoms with van der Waals surface area (Å²) in [4.78, 5) is 10.9. The van der Waals surface area contributed by atoms with Crippen LogP contribution in [0.4, 0.5) is 0 Å². The number of benzene rings is 1. The topological polar surface area (TPSA) is 46.5 Å². The van der Waals surface area contributed by atoms with E-state index in [-0.39, 0.29) is 0 Å². The molecule has 0 heterocycles. The second-order valence-corrected chi connectivity index (χ2v) is 3.18. The van der Waals surface area contributed by atoms with Crippen molar-refractivity contribution < 1.29 is 14.6 Å². The van der Waals surface area contributed by atoms with Crippen LogP contribution in [0, 0.1) is 6.10 Å². The number of esters is 1. The monoisotopic (exact) mass is 205 g/mol. The molecular formula is C12H13O3. The van der Waals surface area contributed by atoms with E-state index in [0.717, 1.165) is 11.6 Å². The minimum absolute atomic E-state index is 0.353. The summed E-state index contributed by atoms with van der Waals surface area (Å²) in [6.07, 6.45) is 1.97. The van der Waals surface area contributed by atoms with E-state index in [1.54, 1.807) is 31.2 Å². The summed E-state index contributed by atoms with van der Waals surface area (Å²) in [6.45, 7) is 4.95. The molecular weight excluding hydrogens is 192 g/mol. The van der Waals surface area contributed by atoms with Crippen LogP contribution in [0.25, 0.3) is 0 Å². The lowest BCUT2D eigenvalue weighted by Crippen LogP contribution is -2.03. The summed E-state index contributed by atoms with van der Waals surface area (Å²) in [5.41, 5.74) is 0.966. The summed E-state index contributed by atoms with van der Waals surface area (Å²) in [7, 11) is 0. The number of carbonyl (C=O) groups excluding carboxylic acids is 1. The van der Waals surface area contributed by atoms with Gasteiger partial charge in [-0.25, -0.2) is 4.79 Å². The Kier molecular flexibility index (Phi) is 4.06. The molecule has 0 bridgehead atoms. The van der Waals surface area contributed by atoms with Crippen LogP contribution in [0.3, 0.4) is 0 Å². The number of hydrogen-bond donors (Lipinski definition) is 1. The molecule has 1 aromatic carbocycles. The quantitative estimate of drug-likeness (QED) is 0.466. The predicted molar refractivity (Wildman–Crippen MR) is 56.8 cm³/mol. The van der Waals surface area contributed by atoms with Gasteiger partial charge in [-0.05, 0) is 24.6 Å². The molecule has 1 N–H and O–H groups in total. The first kappa shape index (κ1) is 11.5. The van der Waals surface area contributed by atoms with Crippen LogP contribution in [-0.4, -0.2) is 11.1 Å². The Morgan fingerprint density at radius 3 is 2.53 bits per heavy atom. The molecule has 0 fully saturated rings. The molecule has 3 heteroatoms. The Morgan fingerprint density at radius 2 is 2.07 bits per heavy atom. The summed E-state index contributed by atoms with van der Waals surface area (Å²) in [5, 5.41) is 9.08. The molecule has 0 aliphatic rings. The maximum Gasteiger partial charge on any atom is 0.335 e. The average Bonchev–Trinajstić information content (AvgIpc) is 2.20. The highest BCUT2D eigenvalue weighted by molar-refractivity contribution is 5.83. The molecule has 0 unspecified atom stereocenters. The standard InChI is InChI=1S/C12H13O3/c1-3-12(14)15-11-6-4-10(5-7-11)8-9(2)13/h3-7,13H,1,8H2,2H3. The molecule has 0 saturated heterocycles. The third kappa shape index (κ3) is 3.95. The molecule has 1 rings (SSSR count). The van der Waals surface area contributed by atoms with Crippen molar-refractivity contribution in [3.8, 4) is 5.75 Å². The SMILES string of the molecule is C=CC(=O)Oc1ccc(C[C](C)O)cc1. The van der Waals surface area contributed by atoms with E-state index in [9.17, 15) is 4.79 Å². The zero-order chi connectivity index (χ0) is 11.3. The molecule has 1 radical (unpaired) electrons. The maximum absolute atomic E-state index is 10.9. The van der Waals surface area contributed by atoms with Crippen molar-refractivity contribution in [3.05, 3.63) is 48.6 Å². The molecule has 79 valence electrons.